The average molecular weight is 239 g/mol. The molecule has 0 aromatic carbocycles. The second-order valence-corrected chi connectivity index (χ2v) is 5.93. The van der Waals surface area contributed by atoms with Crippen molar-refractivity contribution in [3.05, 3.63) is 16.1 Å². The van der Waals surface area contributed by atoms with Crippen LogP contribution in [0.3, 0.4) is 0 Å². The highest BCUT2D eigenvalue weighted by Crippen LogP contribution is 2.29. The van der Waals surface area contributed by atoms with Crippen molar-refractivity contribution in [3.63, 3.8) is 0 Å². The lowest BCUT2D eigenvalue weighted by Crippen LogP contribution is -2.29. The van der Waals surface area contributed by atoms with Gasteiger partial charge in [0.25, 0.3) is 0 Å². The molecule has 0 spiro atoms. The molecular weight excluding hydrogens is 218 g/mol. The van der Waals surface area contributed by atoms with Crippen LogP contribution in [0.5, 0.6) is 0 Å². The molecule has 90 valence electrons. The molecule has 0 atom stereocenters. The van der Waals surface area contributed by atoms with Gasteiger partial charge >= 0.3 is 0 Å². The molecule has 0 amide bonds. The van der Waals surface area contributed by atoms with E-state index in [1.165, 1.54) is 25.1 Å². The summed E-state index contributed by atoms with van der Waals surface area (Å²) in [6, 6.07) is 0.811. The lowest BCUT2D eigenvalue weighted by atomic mass is 10.2. The van der Waals surface area contributed by atoms with Crippen LogP contribution in [0.15, 0.2) is 5.38 Å². The van der Waals surface area contributed by atoms with Gasteiger partial charge in [0.2, 0.25) is 0 Å². The number of rotatable bonds is 6. The molecule has 3 nitrogen and oxygen atoms in total. The Hall–Kier alpha value is -0.450. The summed E-state index contributed by atoms with van der Waals surface area (Å²) in [7, 11) is 0. The third-order valence-corrected chi connectivity index (χ3v) is 3.72. The predicted molar refractivity (Wildman–Crippen MR) is 68.3 cm³/mol. The lowest BCUT2D eigenvalue weighted by molar-refractivity contribution is 0.224. The monoisotopic (exact) mass is 239 g/mol. The Kier molecular flexibility index (Phi) is 3.95. The summed E-state index contributed by atoms with van der Waals surface area (Å²) in [6.45, 7) is 7.31. The van der Waals surface area contributed by atoms with E-state index >= 15 is 0 Å². The van der Waals surface area contributed by atoms with Crippen LogP contribution < -0.4 is 5.73 Å². The predicted octanol–water partition coefficient (Wildman–Crippen LogP) is 2.22. The summed E-state index contributed by atoms with van der Waals surface area (Å²) in [6.07, 6.45) is 2.72. The van der Waals surface area contributed by atoms with Gasteiger partial charge in [-0.3, -0.25) is 4.90 Å². The molecule has 0 aliphatic heterocycles. The summed E-state index contributed by atoms with van der Waals surface area (Å²) < 4.78 is 0. The first-order valence-electron chi connectivity index (χ1n) is 6.06. The van der Waals surface area contributed by atoms with Gasteiger partial charge in [-0.1, -0.05) is 13.8 Å². The number of nitrogens with two attached hydrogens (primary N) is 1. The first kappa shape index (κ1) is 12.0. The Morgan fingerprint density at radius 3 is 2.81 bits per heavy atom. The van der Waals surface area contributed by atoms with Gasteiger partial charge in [0.05, 0.1) is 5.69 Å². The van der Waals surface area contributed by atoms with Crippen LogP contribution in [0.2, 0.25) is 0 Å². The third kappa shape index (κ3) is 3.27. The summed E-state index contributed by atoms with van der Waals surface area (Å²) in [4.78, 5) is 7.11. The normalized spacial score (nSPS) is 16.3. The van der Waals surface area contributed by atoms with Crippen LogP contribution in [0.25, 0.3) is 0 Å². The fourth-order valence-corrected chi connectivity index (χ4v) is 2.64. The van der Waals surface area contributed by atoms with E-state index in [2.05, 4.69) is 29.1 Å². The first-order chi connectivity index (χ1) is 7.69. The van der Waals surface area contributed by atoms with E-state index in [0.29, 0.717) is 6.54 Å². The maximum absolute atomic E-state index is 5.58. The fraction of sp³-hybridized carbons (Fsp3) is 0.750. The van der Waals surface area contributed by atoms with Crippen LogP contribution in [-0.2, 0) is 13.1 Å². The van der Waals surface area contributed by atoms with E-state index < -0.39 is 0 Å². The Morgan fingerprint density at radius 2 is 2.31 bits per heavy atom. The molecule has 16 heavy (non-hydrogen) atoms. The average Bonchev–Trinajstić information content (AvgIpc) is 2.98. The molecule has 1 aromatic rings. The molecule has 1 aliphatic rings. The third-order valence-electron chi connectivity index (χ3n) is 2.80. The van der Waals surface area contributed by atoms with Crippen LogP contribution in [0.4, 0.5) is 0 Å². The summed E-state index contributed by atoms with van der Waals surface area (Å²) in [5.41, 5.74) is 6.77. The molecule has 0 bridgehead atoms. The van der Waals surface area contributed by atoms with Gasteiger partial charge in [-0.2, -0.15) is 0 Å². The molecule has 0 saturated heterocycles. The van der Waals surface area contributed by atoms with Crippen molar-refractivity contribution in [2.24, 2.45) is 11.7 Å². The van der Waals surface area contributed by atoms with Crippen molar-refractivity contribution in [2.75, 3.05) is 6.54 Å². The maximum Gasteiger partial charge on any atom is 0.106 e. The number of nitrogens with zero attached hydrogens (tertiary/aromatic N) is 2. The van der Waals surface area contributed by atoms with Crippen molar-refractivity contribution >= 4 is 11.3 Å². The summed E-state index contributed by atoms with van der Waals surface area (Å²) in [5, 5.41) is 3.20. The van der Waals surface area contributed by atoms with Gasteiger partial charge in [-0.15, -0.1) is 11.3 Å². The van der Waals surface area contributed by atoms with E-state index in [9.17, 15) is 0 Å². The Morgan fingerprint density at radius 1 is 1.56 bits per heavy atom. The number of thiazole rings is 1. The van der Waals surface area contributed by atoms with Crippen LogP contribution in [0.1, 0.15) is 37.4 Å². The van der Waals surface area contributed by atoms with Crippen LogP contribution in [-0.4, -0.2) is 22.5 Å². The second kappa shape index (κ2) is 5.25. The zero-order chi connectivity index (χ0) is 11.5. The molecule has 1 heterocycles. The molecule has 1 fully saturated rings. The highest BCUT2D eigenvalue weighted by Gasteiger charge is 2.29. The number of aromatic nitrogens is 1. The first-order valence-corrected chi connectivity index (χ1v) is 6.94. The van der Waals surface area contributed by atoms with Gasteiger partial charge < -0.3 is 5.73 Å². The summed E-state index contributed by atoms with van der Waals surface area (Å²) >= 11 is 1.68. The molecule has 2 rings (SSSR count). The van der Waals surface area contributed by atoms with Gasteiger partial charge in [0.1, 0.15) is 5.01 Å². The van der Waals surface area contributed by atoms with Gasteiger partial charge in [0, 0.05) is 31.1 Å². The largest absolute Gasteiger partial charge is 0.325 e. The fourth-order valence-electron chi connectivity index (χ4n) is 1.97. The number of hydrogen-bond donors (Lipinski definition) is 1. The SMILES string of the molecule is CC(C)CN(Cc1csc(CN)n1)C1CC1. The van der Waals surface area contributed by atoms with E-state index in [-0.39, 0.29) is 0 Å². The van der Waals surface area contributed by atoms with Crippen molar-refractivity contribution in [1.82, 2.24) is 9.88 Å². The van der Waals surface area contributed by atoms with Crippen molar-refractivity contribution in [3.8, 4) is 0 Å². The highest BCUT2D eigenvalue weighted by atomic mass is 32.1. The minimum absolute atomic E-state index is 0.568. The molecule has 1 aromatic heterocycles. The van der Waals surface area contributed by atoms with Gasteiger partial charge in [-0.25, -0.2) is 4.98 Å². The Balaban J connectivity index is 1.93. The highest BCUT2D eigenvalue weighted by molar-refractivity contribution is 7.09. The molecule has 1 saturated carbocycles. The molecule has 4 heteroatoms. The lowest BCUT2D eigenvalue weighted by Gasteiger charge is -2.22. The Labute approximate surface area is 102 Å². The molecular formula is C12H21N3S. The minimum Gasteiger partial charge on any atom is -0.325 e. The van der Waals surface area contributed by atoms with Crippen molar-refractivity contribution < 1.29 is 0 Å². The molecule has 0 radical (unpaired) electrons. The number of hydrogen-bond acceptors (Lipinski definition) is 4. The van der Waals surface area contributed by atoms with Gasteiger partial charge in [0.15, 0.2) is 0 Å². The quantitative estimate of drug-likeness (QED) is 0.827. The smallest absolute Gasteiger partial charge is 0.106 e. The van der Waals surface area contributed by atoms with E-state index in [0.717, 1.165) is 23.5 Å². The standard InChI is InChI=1S/C12H21N3S/c1-9(2)6-15(11-3-4-11)7-10-8-16-12(5-13)14-10/h8-9,11H,3-7,13H2,1-2H3. The van der Waals surface area contributed by atoms with Crippen molar-refractivity contribution in [1.29, 1.82) is 0 Å². The summed E-state index contributed by atoms with van der Waals surface area (Å²) in [5.74, 6) is 0.730. The van der Waals surface area contributed by atoms with E-state index in [4.69, 9.17) is 5.73 Å². The van der Waals surface area contributed by atoms with Crippen LogP contribution >= 0.6 is 11.3 Å². The van der Waals surface area contributed by atoms with Gasteiger partial charge in [-0.05, 0) is 18.8 Å². The van der Waals surface area contributed by atoms with E-state index in [1.807, 2.05) is 0 Å². The molecule has 0 unspecified atom stereocenters. The topological polar surface area (TPSA) is 42.1 Å². The zero-order valence-electron chi connectivity index (χ0n) is 10.1. The van der Waals surface area contributed by atoms with E-state index in [1.54, 1.807) is 11.3 Å². The molecule has 2 N–H and O–H groups in total. The maximum atomic E-state index is 5.58. The van der Waals surface area contributed by atoms with Crippen LogP contribution in [0, 0.1) is 5.92 Å². The van der Waals surface area contributed by atoms with Crippen molar-refractivity contribution in [2.45, 2.75) is 45.8 Å². The Bertz CT molecular complexity index is 331. The molecule has 1 aliphatic carbocycles. The zero-order valence-corrected chi connectivity index (χ0v) is 11.0. The minimum atomic E-state index is 0.568. The second-order valence-electron chi connectivity index (χ2n) is 4.99.